The lowest BCUT2D eigenvalue weighted by atomic mass is 10.1. The van der Waals surface area contributed by atoms with Crippen LogP contribution in [0.15, 0.2) is 56.8 Å². The zero-order valence-electron chi connectivity index (χ0n) is 14.9. The number of nitrogens with zero attached hydrogens (tertiary/aromatic N) is 3. The Labute approximate surface area is 173 Å². The number of halogens is 2. The zero-order chi connectivity index (χ0) is 20.3. The fourth-order valence-corrected chi connectivity index (χ4v) is 2.90. The molecule has 10 heteroatoms. The topological polar surface area (TPSA) is 102 Å². The number of carbonyl (C=O) groups excluding carboxylic acids is 2. The number of furan rings is 1. The van der Waals surface area contributed by atoms with E-state index in [0.717, 1.165) is 5.56 Å². The Morgan fingerprint density at radius 1 is 1.18 bits per heavy atom. The molecule has 28 heavy (non-hydrogen) atoms. The third-order valence-electron chi connectivity index (χ3n) is 3.79. The van der Waals surface area contributed by atoms with Crippen LogP contribution < -0.4 is 10.7 Å². The van der Waals surface area contributed by atoms with Gasteiger partial charge in [0.05, 0.1) is 16.9 Å². The lowest BCUT2D eigenvalue weighted by molar-refractivity contribution is 0.0944. The molecule has 2 amide bonds. The van der Waals surface area contributed by atoms with E-state index >= 15 is 0 Å². The second-order valence-electron chi connectivity index (χ2n) is 5.74. The van der Waals surface area contributed by atoms with E-state index in [2.05, 4.69) is 36.9 Å². The van der Waals surface area contributed by atoms with Crippen molar-refractivity contribution >= 4 is 50.7 Å². The van der Waals surface area contributed by atoms with Crippen molar-refractivity contribution in [3.63, 3.8) is 0 Å². The van der Waals surface area contributed by atoms with Gasteiger partial charge in [0.2, 0.25) is 0 Å². The van der Waals surface area contributed by atoms with Gasteiger partial charge in [-0.1, -0.05) is 23.7 Å². The number of aryl methyl sites for hydroxylation is 1. The molecule has 0 saturated carbocycles. The average Bonchev–Trinajstić information content (AvgIpc) is 3.25. The molecule has 144 valence electrons. The molecule has 8 nitrogen and oxygen atoms in total. The van der Waals surface area contributed by atoms with Crippen molar-refractivity contribution in [3.05, 3.63) is 69.3 Å². The van der Waals surface area contributed by atoms with E-state index in [1.807, 2.05) is 0 Å². The second-order valence-corrected chi connectivity index (χ2v) is 6.93. The van der Waals surface area contributed by atoms with Gasteiger partial charge in [0.25, 0.3) is 11.8 Å². The number of aromatic nitrogens is 2. The standard InChI is InChI=1S/C18H15BrClN5O3/c1-10(23-24-18(27)16-13(20)9-21-25(16)2)11-3-5-12(6-4-11)22-17(26)14-7-8-15(19)28-14/h3-9H,1-2H3,(H,22,26)(H,24,27). The van der Waals surface area contributed by atoms with Crippen molar-refractivity contribution in [2.24, 2.45) is 12.1 Å². The molecule has 0 unspecified atom stereocenters. The SMILES string of the molecule is CC(=NNC(=O)c1c(Cl)cnn1C)c1ccc(NC(=O)c2ccc(Br)o2)cc1. The number of rotatable bonds is 5. The van der Waals surface area contributed by atoms with Crippen LogP contribution in [0.2, 0.25) is 5.02 Å². The molecule has 0 spiro atoms. The van der Waals surface area contributed by atoms with Gasteiger partial charge in [0.15, 0.2) is 10.4 Å². The molecular formula is C18H15BrClN5O3. The first-order valence-corrected chi connectivity index (χ1v) is 9.21. The highest BCUT2D eigenvalue weighted by Crippen LogP contribution is 2.17. The molecule has 0 fully saturated rings. The molecule has 0 bridgehead atoms. The number of nitrogens with one attached hydrogen (secondary N) is 2. The van der Waals surface area contributed by atoms with Crippen molar-refractivity contribution in [3.8, 4) is 0 Å². The molecule has 0 saturated heterocycles. The molecule has 0 atom stereocenters. The fraction of sp³-hybridized carbons (Fsp3) is 0.111. The van der Waals surface area contributed by atoms with E-state index in [-0.39, 0.29) is 22.4 Å². The number of hydrogen-bond donors (Lipinski definition) is 2. The predicted octanol–water partition coefficient (Wildman–Crippen LogP) is 3.84. The van der Waals surface area contributed by atoms with Gasteiger partial charge in [-0.2, -0.15) is 10.2 Å². The van der Waals surface area contributed by atoms with Crippen molar-refractivity contribution in [2.45, 2.75) is 6.92 Å². The third kappa shape index (κ3) is 4.49. The summed E-state index contributed by atoms with van der Waals surface area (Å²) >= 11 is 9.10. The quantitative estimate of drug-likeness (QED) is 0.442. The summed E-state index contributed by atoms with van der Waals surface area (Å²) in [5.41, 5.74) is 4.63. The Balaban J connectivity index is 1.64. The summed E-state index contributed by atoms with van der Waals surface area (Å²) in [6.07, 6.45) is 1.39. The molecule has 0 radical (unpaired) electrons. The van der Waals surface area contributed by atoms with Crippen LogP contribution in [0.5, 0.6) is 0 Å². The molecule has 2 heterocycles. The van der Waals surface area contributed by atoms with Crippen molar-refractivity contribution in [1.29, 1.82) is 0 Å². The van der Waals surface area contributed by atoms with E-state index in [4.69, 9.17) is 16.0 Å². The van der Waals surface area contributed by atoms with E-state index in [9.17, 15) is 9.59 Å². The monoisotopic (exact) mass is 463 g/mol. The Morgan fingerprint density at radius 3 is 2.46 bits per heavy atom. The predicted molar refractivity (Wildman–Crippen MR) is 109 cm³/mol. The van der Waals surface area contributed by atoms with E-state index in [1.165, 1.54) is 10.9 Å². The summed E-state index contributed by atoms with van der Waals surface area (Å²) in [6, 6.07) is 10.2. The highest BCUT2D eigenvalue weighted by Gasteiger charge is 2.15. The summed E-state index contributed by atoms with van der Waals surface area (Å²) in [5.74, 6) is -0.618. The van der Waals surface area contributed by atoms with Crippen molar-refractivity contribution < 1.29 is 14.0 Å². The van der Waals surface area contributed by atoms with Gasteiger partial charge in [0, 0.05) is 12.7 Å². The molecule has 0 aliphatic heterocycles. The number of benzene rings is 1. The smallest absolute Gasteiger partial charge is 0.291 e. The number of hydrazone groups is 1. The first-order chi connectivity index (χ1) is 13.3. The highest BCUT2D eigenvalue weighted by atomic mass is 79.9. The fourth-order valence-electron chi connectivity index (χ4n) is 2.34. The molecular weight excluding hydrogens is 450 g/mol. The third-order valence-corrected chi connectivity index (χ3v) is 4.49. The lowest BCUT2D eigenvalue weighted by Crippen LogP contribution is -2.22. The summed E-state index contributed by atoms with van der Waals surface area (Å²) in [6.45, 7) is 1.75. The Hall–Kier alpha value is -2.91. The van der Waals surface area contributed by atoms with Gasteiger partial charge < -0.3 is 9.73 Å². The van der Waals surface area contributed by atoms with Gasteiger partial charge in [-0.25, -0.2) is 5.43 Å². The molecule has 2 aromatic heterocycles. The van der Waals surface area contributed by atoms with Gasteiger partial charge in [-0.3, -0.25) is 14.3 Å². The zero-order valence-corrected chi connectivity index (χ0v) is 17.2. The first kappa shape index (κ1) is 19.8. The normalized spacial score (nSPS) is 11.4. The maximum atomic E-state index is 12.2. The maximum Gasteiger partial charge on any atom is 0.291 e. The van der Waals surface area contributed by atoms with E-state index in [1.54, 1.807) is 50.4 Å². The van der Waals surface area contributed by atoms with Gasteiger partial charge >= 0.3 is 0 Å². The van der Waals surface area contributed by atoms with Gasteiger partial charge in [0.1, 0.15) is 5.69 Å². The Morgan fingerprint density at radius 2 is 1.89 bits per heavy atom. The largest absolute Gasteiger partial charge is 0.444 e. The molecule has 3 aromatic rings. The number of anilines is 1. The average molecular weight is 465 g/mol. The van der Waals surface area contributed by atoms with Crippen LogP contribution in [0.4, 0.5) is 5.69 Å². The minimum absolute atomic E-state index is 0.199. The Bertz CT molecular complexity index is 1040. The number of carbonyl (C=O) groups is 2. The minimum Gasteiger partial charge on any atom is -0.444 e. The van der Waals surface area contributed by atoms with Crippen LogP contribution in [-0.4, -0.2) is 27.3 Å². The number of hydrogen-bond acceptors (Lipinski definition) is 5. The summed E-state index contributed by atoms with van der Waals surface area (Å²) in [7, 11) is 1.62. The van der Waals surface area contributed by atoms with Gasteiger partial charge in [-0.15, -0.1) is 0 Å². The molecule has 3 rings (SSSR count). The number of amides is 2. The van der Waals surface area contributed by atoms with Gasteiger partial charge in [-0.05, 0) is 52.7 Å². The Kier molecular flexibility index (Phi) is 5.96. The van der Waals surface area contributed by atoms with Crippen molar-refractivity contribution in [1.82, 2.24) is 15.2 Å². The molecule has 0 aliphatic carbocycles. The van der Waals surface area contributed by atoms with Crippen molar-refractivity contribution in [2.75, 3.05) is 5.32 Å². The molecule has 2 N–H and O–H groups in total. The second kappa shape index (κ2) is 8.41. The van der Waals surface area contributed by atoms with E-state index < -0.39 is 5.91 Å². The highest BCUT2D eigenvalue weighted by molar-refractivity contribution is 9.10. The summed E-state index contributed by atoms with van der Waals surface area (Å²) in [4.78, 5) is 24.2. The summed E-state index contributed by atoms with van der Waals surface area (Å²) in [5, 5.41) is 11.0. The lowest BCUT2D eigenvalue weighted by Gasteiger charge is -2.06. The van der Waals surface area contributed by atoms with Crippen LogP contribution in [0, 0.1) is 0 Å². The molecule has 0 aliphatic rings. The molecule has 1 aromatic carbocycles. The minimum atomic E-state index is -0.460. The van der Waals surface area contributed by atoms with E-state index in [0.29, 0.717) is 16.1 Å². The van der Waals surface area contributed by atoms with Crippen LogP contribution in [-0.2, 0) is 7.05 Å². The van der Waals surface area contributed by atoms with Crippen LogP contribution in [0.1, 0.15) is 33.5 Å². The van der Waals surface area contributed by atoms with Crippen LogP contribution in [0.25, 0.3) is 0 Å². The first-order valence-electron chi connectivity index (χ1n) is 8.04. The summed E-state index contributed by atoms with van der Waals surface area (Å²) < 4.78 is 7.06. The maximum absolute atomic E-state index is 12.2. The van der Waals surface area contributed by atoms with Crippen LogP contribution in [0.3, 0.4) is 0 Å². The van der Waals surface area contributed by atoms with Crippen LogP contribution >= 0.6 is 27.5 Å².